The second-order valence-electron chi connectivity index (χ2n) is 5.68. The van der Waals surface area contributed by atoms with Crippen molar-refractivity contribution in [1.82, 2.24) is 4.98 Å². The molecule has 0 saturated carbocycles. The van der Waals surface area contributed by atoms with E-state index in [1.807, 2.05) is 30.3 Å². The van der Waals surface area contributed by atoms with Crippen molar-refractivity contribution in [2.24, 2.45) is 0 Å². The van der Waals surface area contributed by atoms with Gasteiger partial charge in [-0.3, -0.25) is 15.1 Å². The van der Waals surface area contributed by atoms with Gasteiger partial charge >= 0.3 is 5.97 Å². The Kier molecular flexibility index (Phi) is 4.75. The molecule has 0 unspecified atom stereocenters. The monoisotopic (exact) mass is 348 g/mol. The Morgan fingerprint density at radius 3 is 2.38 bits per heavy atom. The predicted molar refractivity (Wildman–Crippen MR) is 97.8 cm³/mol. The van der Waals surface area contributed by atoms with Gasteiger partial charge in [-0.15, -0.1) is 0 Å². The first-order valence-corrected chi connectivity index (χ1v) is 7.91. The number of benzene rings is 2. The summed E-state index contributed by atoms with van der Waals surface area (Å²) >= 11 is 0. The molecule has 130 valence electrons. The van der Waals surface area contributed by atoms with Crippen LogP contribution in [-0.4, -0.2) is 23.0 Å². The van der Waals surface area contributed by atoms with E-state index in [-0.39, 0.29) is 5.69 Å². The summed E-state index contributed by atoms with van der Waals surface area (Å²) in [6.45, 7) is 1.72. The first-order chi connectivity index (χ1) is 12.5. The Balaban J connectivity index is 2.27. The van der Waals surface area contributed by atoms with Crippen molar-refractivity contribution >= 4 is 11.7 Å². The van der Waals surface area contributed by atoms with Crippen molar-refractivity contribution in [2.75, 3.05) is 7.11 Å². The van der Waals surface area contributed by atoms with Crippen LogP contribution in [0, 0.1) is 17.0 Å². The van der Waals surface area contributed by atoms with E-state index in [0.29, 0.717) is 28.1 Å². The second-order valence-corrected chi connectivity index (χ2v) is 5.68. The molecule has 0 fully saturated rings. The zero-order chi connectivity index (χ0) is 18.7. The van der Waals surface area contributed by atoms with Gasteiger partial charge in [-0.1, -0.05) is 42.5 Å². The van der Waals surface area contributed by atoms with Crippen LogP contribution in [0.5, 0.6) is 0 Å². The van der Waals surface area contributed by atoms with Gasteiger partial charge in [-0.05, 0) is 18.6 Å². The molecule has 1 aromatic heterocycles. The maximum atomic E-state index is 12.3. The SMILES string of the molecule is COC(=O)c1c(-c2cccc([N+](=O)[O-])c2)cc(-c2ccccc2)nc1C. The molecule has 0 radical (unpaired) electrons. The summed E-state index contributed by atoms with van der Waals surface area (Å²) in [5.41, 5.74) is 3.42. The lowest BCUT2D eigenvalue weighted by Gasteiger charge is -2.13. The average Bonchev–Trinajstić information content (AvgIpc) is 2.67. The van der Waals surface area contributed by atoms with Crippen molar-refractivity contribution in [1.29, 1.82) is 0 Å². The zero-order valence-electron chi connectivity index (χ0n) is 14.3. The largest absolute Gasteiger partial charge is 0.465 e. The summed E-state index contributed by atoms with van der Waals surface area (Å²) in [6, 6.07) is 17.4. The highest BCUT2D eigenvalue weighted by atomic mass is 16.6. The lowest BCUT2D eigenvalue weighted by Crippen LogP contribution is -2.08. The fourth-order valence-electron chi connectivity index (χ4n) is 2.80. The van der Waals surface area contributed by atoms with Gasteiger partial charge in [0.15, 0.2) is 0 Å². The molecule has 6 nitrogen and oxygen atoms in total. The van der Waals surface area contributed by atoms with Crippen LogP contribution < -0.4 is 0 Å². The quantitative estimate of drug-likeness (QED) is 0.396. The summed E-state index contributed by atoms with van der Waals surface area (Å²) < 4.78 is 4.89. The van der Waals surface area contributed by atoms with Crippen molar-refractivity contribution in [3.63, 3.8) is 0 Å². The third kappa shape index (κ3) is 3.30. The minimum absolute atomic E-state index is 0.0472. The molecule has 26 heavy (non-hydrogen) atoms. The Bertz CT molecular complexity index is 984. The molecule has 6 heteroatoms. The number of esters is 1. The molecule has 0 bridgehead atoms. The highest BCUT2D eigenvalue weighted by molar-refractivity contribution is 5.99. The fraction of sp³-hybridized carbons (Fsp3) is 0.100. The summed E-state index contributed by atoms with van der Waals surface area (Å²) in [5.74, 6) is -0.531. The minimum atomic E-state index is -0.531. The number of ether oxygens (including phenoxy) is 1. The van der Waals surface area contributed by atoms with E-state index in [4.69, 9.17) is 4.74 Å². The molecule has 0 atom stereocenters. The molecule has 1 heterocycles. The third-order valence-corrected chi connectivity index (χ3v) is 4.03. The highest BCUT2D eigenvalue weighted by Crippen LogP contribution is 2.32. The first kappa shape index (κ1) is 17.3. The minimum Gasteiger partial charge on any atom is -0.465 e. The maximum absolute atomic E-state index is 12.3. The second kappa shape index (κ2) is 7.14. The van der Waals surface area contributed by atoms with Gasteiger partial charge in [0.2, 0.25) is 0 Å². The van der Waals surface area contributed by atoms with Gasteiger partial charge in [-0.2, -0.15) is 0 Å². The lowest BCUT2D eigenvalue weighted by molar-refractivity contribution is -0.384. The number of hydrogen-bond donors (Lipinski definition) is 0. The van der Waals surface area contributed by atoms with Crippen LogP contribution in [0.25, 0.3) is 22.4 Å². The number of hydrogen-bond acceptors (Lipinski definition) is 5. The number of non-ortho nitro benzene ring substituents is 1. The number of methoxy groups -OCH3 is 1. The molecule has 0 aliphatic rings. The topological polar surface area (TPSA) is 82.3 Å². The molecule has 0 saturated heterocycles. The van der Waals surface area contributed by atoms with E-state index in [1.165, 1.54) is 19.2 Å². The molecule has 2 aromatic carbocycles. The Morgan fingerprint density at radius 2 is 1.73 bits per heavy atom. The van der Waals surface area contributed by atoms with E-state index < -0.39 is 10.9 Å². The predicted octanol–water partition coefficient (Wildman–Crippen LogP) is 4.42. The molecule has 0 aliphatic carbocycles. The Labute approximate surface area is 150 Å². The number of aryl methyl sites for hydroxylation is 1. The number of nitrogens with zero attached hydrogens (tertiary/aromatic N) is 2. The van der Waals surface area contributed by atoms with Crippen LogP contribution >= 0.6 is 0 Å². The Hall–Kier alpha value is -3.54. The molecule has 0 aliphatic heterocycles. The van der Waals surface area contributed by atoms with Gasteiger partial charge in [-0.25, -0.2) is 4.79 Å². The zero-order valence-corrected chi connectivity index (χ0v) is 14.3. The van der Waals surface area contributed by atoms with Gasteiger partial charge in [0.05, 0.1) is 29.0 Å². The summed E-state index contributed by atoms with van der Waals surface area (Å²) in [4.78, 5) is 27.5. The number of nitro groups is 1. The van der Waals surface area contributed by atoms with Crippen LogP contribution in [0.1, 0.15) is 16.1 Å². The molecule has 3 aromatic rings. The van der Waals surface area contributed by atoms with E-state index >= 15 is 0 Å². The molecule has 3 rings (SSSR count). The van der Waals surface area contributed by atoms with Crippen LogP contribution in [0.2, 0.25) is 0 Å². The first-order valence-electron chi connectivity index (χ1n) is 7.91. The van der Waals surface area contributed by atoms with Gasteiger partial charge < -0.3 is 4.74 Å². The standard InChI is InChI=1S/C20H16N2O4/c1-13-19(20(23)26-2)17(15-9-6-10-16(11-15)22(24)25)12-18(21-13)14-7-4-3-5-8-14/h3-12H,1-2H3. The number of rotatable bonds is 4. The molecular weight excluding hydrogens is 332 g/mol. The van der Waals surface area contributed by atoms with Crippen LogP contribution in [0.15, 0.2) is 60.7 Å². The molecule has 0 spiro atoms. The van der Waals surface area contributed by atoms with Crippen molar-refractivity contribution in [3.8, 4) is 22.4 Å². The van der Waals surface area contributed by atoms with Gasteiger partial charge in [0.25, 0.3) is 5.69 Å². The van der Waals surface area contributed by atoms with Gasteiger partial charge in [0.1, 0.15) is 0 Å². The van der Waals surface area contributed by atoms with E-state index in [9.17, 15) is 14.9 Å². The number of carbonyl (C=O) groups excluding carboxylic acids is 1. The van der Waals surface area contributed by atoms with Crippen molar-refractivity contribution < 1.29 is 14.5 Å². The number of carbonyl (C=O) groups is 1. The van der Waals surface area contributed by atoms with Crippen LogP contribution in [0.4, 0.5) is 5.69 Å². The smallest absolute Gasteiger partial charge is 0.340 e. The van der Waals surface area contributed by atoms with Crippen molar-refractivity contribution in [3.05, 3.63) is 82.0 Å². The summed E-state index contributed by atoms with van der Waals surface area (Å²) in [5, 5.41) is 11.1. The maximum Gasteiger partial charge on any atom is 0.340 e. The third-order valence-electron chi connectivity index (χ3n) is 4.03. The van der Waals surface area contributed by atoms with E-state index in [2.05, 4.69) is 4.98 Å². The van der Waals surface area contributed by atoms with Crippen LogP contribution in [-0.2, 0) is 4.74 Å². The number of pyridine rings is 1. The molecular formula is C20H16N2O4. The van der Waals surface area contributed by atoms with E-state index in [0.717, 1.165) is 5.56 Å². The number of aromatic nitrogens is 1. The fourth-order valence-corrected chi connectivity index (χ4v) is 2.80. The van der Waals surface area contributed by atoms with Crippen molar-refractivity contribution in [2.45, 2.75) is 6.92 Å². The number of nitro benzene ring substituents is 1. The van der Waals surface area contributed by atoms with Crippen LogP contribution in [0.3, 0.4) is 0 Å². The average molecular weight is 348 g/mol. The normalized spacial score (nSPS) is 10.4. The molecule has 0 N–H and O–H groups in total. The van der Waals surface area contributed by atoms with Gasteiger partial charge in [0, 0.05) is 23.3 Å². The van der Waals surface area contributed by atoms with E-state index in [1.54, 1.807) is 25.1 Å². The summed E-state index contributed by atoms with van der Waals surface area (Å²) in [7, 11) is 1.30. The summed E-state index contributed by atoms with van der Waals surface area (Å²) in [6.07, 6.45) is 0. The highest BCUT2D eigenvalue weighted by Gasteiger charge is 2.20. The molecule has 0 amide bonds. The Morgan fingerprint density at radius 1 is 1.04 bits per heavy atom. The lowest BCUT2D eigenvalue weighted by atomic mass is 9.96.